The minimum Gasteiger partial charge on any atom is -0.205 e. The highest BCUT2D eigenvalue weighted by Crippen LogP contribution is 2.42. The molecule has 3 rings (SSSR count). The number of hydrogen-bond acceptors (Lipinski definition) is 0. The summed E-state index contributed by atoms with van der Waals surface area (Å²) in [6.07, 6.45) is 14.9. The Bertz CT molecular complexity index is 634. The smallest absolute Gasteiger partial charge is 0.205 e. The van der Waals surface area contributed by atoms with Crippen molar-refractivity contribution in [2.45, 2.75) is 115 Å². The van der Waals surface area contributed by atoms with Gasteiger partial charge in [0, 0.05) is 19.4 Å². The minimum absolute atomic E-state index is 0.121. The van der Waals surface area contributed by atoms with Crippen LogP contribution in [0.1, 0.15) is 102 Å². The zero-order valence-corrected chi connectivity index (χ0v) is 21.5. The number of alkyl halides is 2. The summed E-state index contributed by atoms with van der Waals surface area (Å²) in [4.78, 5) is 0. The summed E-state index contributed by atoms with van der Waals surface area (Å²) in [5.74, 6) is 2.91. The Morgan fingerprint density at radius 1 is 0.935 bits per heavy atom. The van der Waals surface area contributed by atoms with E-state index in [1.165, 1.54) is 57.4 Å². The van der Waals surface area contributed by atoms with Gasteiger partial charge in [0.15, 0.2) is 0 Å². The van der Waals surface area contributed by atoms with Gasteiger partial charge in [0.25, 0.3) is 6.43 Å². The third-order valence-electron chi connectivity index (χ3n) is 8.32. The maximum absolute atomic E-state index is 13.2. The first kappa shape index (κ1) is 25.2. The van der Waals surface area contributed by atoms with E-state index in [-0.39, 0.29) is 14.4 Å². The van der Waals surface area contributed by atoms with Gasteiger partial charge >= 0.3 is 0 Å². The van der Waals surface area contributed by atoms with Crippen LogP contribution in [0.2, 0.25) is 23.2 Å². The average molecular weight is 469 g/mol. The molecule has 1 aliphatic carbocycles. The summed E-state index contributed by atoms with van der Waals surface area (Å²) in [6, 6.07) is 9.83. The Morgan fingerprint density at radius 2 is 1.65 bits per heavy atom. The molecule has 0 radical (unpaired) electrons. The predicted molar refractivity (Wildman–Crippen MR) is 133 cm³/mol. The zero-order chi connectivity index (χ0) is 22.1. The third kappa shape index (κ3) is 8.14. The SMILES string of the molecule is CCCCC[Si@H]1CC[C@H]([C@H]2CC[C@H](CCCCc3ccc(Cl)cc3C(F)F)CC2)CC1. The largest absolute Gasteiger partial charge is 0.264 e. The van der Waals surface area contributed by atoms with Gasteiger partial charge in [-0.05, 0) is 61.1 Å². The van der Waals surface area contributed by atoms with Crippen molar-refractivity contribution < 1.29 is 8.78 Å². The van der Waals surface area contributed by atoms with Crippen molar-refractivity contribution in [3.63, 3.8) is 0 Å². The van der Waals surface area contributed by atoms with Crippen molar-refractivity contribution in [2.24, 2.45) is 17.8 Å². The van der Waals surface area contributed by atoms with Crippen LogP contribution in [0.5, 0.6) is 0 Å². The molecule has 31 heavy (non-hydrogen) atoms. The van der Waals surface area contributed by atoms with E-state index in [4.69, 9.17) is 11.6 Å². The van der Waals surface area contributed by atoms with E-state index < -0.39 is 6.43 Å². The molecule has 2 fully saturated rings. The monoisotopic (exact) mass is 468 g/mol. The first-order chi connectivity index (χ1) is 15.1. The second-order valence-corrected chi connectivity index (χ2v) is 14.3. The van der Waals surface area contributed by atoms with Crippen molar-refractivity contribution in [3.05, 3.63) is 34.3 Å². The summed E-state index contributed by atoms with van der Waals surface area (Å²) < 4.78 is 26.5. The number of halogens is 3. The molecule has 1 saturated heterocycles. The van der Waals surface area contributed by atoms with Crippen LogP contribution in [-0.4, -0.2) is 8.80 Å². The molecule has 1 heterocycles. The van der Waals surface area contributed by atoms with Crippen LogP contribution in [0.25, 0.3) is 0 Å². The standard InChI is InChI=1S/C27H43ClF2Si/c1-2-3-6-17-31-18-15-23(16-19-31)22-11-9-21(10-12-22)7-4-5-8-24-13-14-25(28)20-26(24)27(29)30/h13-14,20-23,27,31H,2-12,15-19H2,1H3/t21-,22-,23-,31-. The summed E-state index contributed by atoms with van der Waals surface area (Å²) in [5, 5.41) is 0.406. The lowest BCUT2D eigenvalue weighted by Crippen LogP contribution is -2.28. The van der Waals surface area contributed by atoms with Gasteiger partial charge < -0.3 is 0 Å². The van der Waals surface area contributed by atoms with E-state index in [2.05, 4.69) is 6.92 Å². The summed E-state index contributed by atoms with van der Waals surface area (Å²) >= 11 is 5.89. The molecule has 0 unspecified atom stereocenters. The third-order valence-corrected chi connectivity index (χ3v) is 12.1. The van der Waals surface area contributed by atoms with Gasteiger partial charge in [-0.1, -0.05) is 101 Å². The van der Waals surface area contributed by atoms with E-state index >= 15 is 0 Å². The van der Waals surface area contributed by atoms with E-state index in [1.807, 2.05) is 0 Å². The van der Waals surface area contributed by atoms with E-state index in [1.54, 1.807) is 43.1 Å². The normalized spacial score (nSPS) is 27.0. The topological polar surface area (TPSA) is 0 Å². The van der Waals surface area contributed by atoms with Gasteiger partial charge in [-0.3, -0.25) is 0 Å². The fraction of sp³-hybridized carbons (Fsp3) is 0.778. The highest BCUT2D eigenvalue weighted by molar-refractivity contribution is 6.58. The summed E-state index contributed by atoms with van der Waals surface area (Å²) in [6.45, 7) is 2.32. The maximum atomic E-state index is 13.2. The molecule has 1 aromatic rings. The molecule has 0 bridgehead atoms. The first-order valence-corrected chi connectivity index (χ1v) is 16.0. The lowest BCUT2D eigenvalue weighted by atomic mass is 9.73. The molecule has 0 nitrogen and oxygen atoms in total. The van der Waals surface area contributed by atoms with Crippen LogP contribution in [0.4, 0.5) is 8.78 Å². The highest BCUT2D eigenvalue weighted by atomic mass is 35.5. The second kappa shape index (κ2) is 13.3. The van der Waals surface area contributed by atoms with E-state index in [9.17, 15) is 8.78 Å². The average Bonchev–Trinajstić information content (AvgIpc) is 2.78. The second-order valence-electron chi connectivity index (χ2n) is 10.4. The maximum Gasteiger partial charge on any atom is 0.264 e. The predicted octanol–water partition coefficient (Wildman–Crippen LogP) is 9.62. The molecule has 176 valence electrons. The molecule has 0 aromatic heterocycles. The Labute approximate surface area is 196 Å². The lowest BCUT2D eigenvalue weighted by Gasteiger charge is -2.37. The Balaban J connectivity index is 1.30. The fourth-order valence-electron chi connectivity index (χ4n) is 6.32. The van der Waals surface area contributed by atoms with Crippen LogP contribution in [-0.2, 0) is 6.42 Å². The lowest BCUT2D eigenvalue weighted by molar-refractivity contribution is 0.150. The van der Waals surface area contributed by atoms with E-state index in [0.29, 0.717) is 5.02 Å². The molecule has 4 heteroatoms. The van der Waals surface area contributed by atoms with Crippen LogP contribution in [0.3, 0.4) is 0 Å². The van der Waals surface area contributed by atoms with Gasteiger partial charge in [0.2, 0.25) is 0 Å². The first-order valence-electron chi connectivity index (χ1n) is 13.1. The van der Waals surface area contributed by atoms with Gasteiger partial charge in [-0.25, -0.2) is 8.78 Å². The zero-order valence-electron chi connectivity index (χ0n) is 19.6. The number of rotatable bonds is 11. The van der Waals surface area contributed by atoms with Gasteiger partial charge in [-0.2, -0.15) is 0 Å². The molecule has 1 aromatic carbocycles. The number of aryl methyl sites for hydroxylation is 1. The molecule has 2 aliphatic rings. The van der Waals surface area contributed by atoms with Crippen LogP contribution in [0.15, 0.2) is 18.2 Å². The summed E-state index contributed by atoms with van der Waals surface area (Å²) in [5.41, 5.74) is 0.896. The van der Waals surface area contributed by atoms with Crippen LogP contribution < -0.4 is 0 Å². The molecule has 0 atom stereocenters. The fourth-order valence-corrected chi connectivity index (χ4v) is 10.0. The Hall–Kier alpha value is -0.413. The van der Waals surface area contributed by atoms with Gasteiger partial charge in [0.05, 0.1) is 0 Å². The molecule has 0 amide bonds. The number of hydrogen-bond donors (Lipinski definition) is 0. The van der Waals surface area contributed by atoms with E-state index in [0.717, 1.165) is 42.6 Å². The van der Waals surface area contributed by atoms with Gasteiger partial charge in [0.1, 0.15) is 0 Å². The van der Waals surface area contributed by atoms with Crippen molar-refractivity contribution in [3.8, 4) is 0 Å². The summed E-state index contributed by atoms with van der Waals surface area (Å²) in [7, 11) is -0.376. The number of benzene rings is 1. The van der Waals surface area contributed by atoms with Crippen molar-refractivity contribution in [1.82, 2.24) is 0 Å². The molecule has 1 saturated carbocycles. The quantitative estimate of drug-likeness (QED) is 0.224. The molecular formula is C27H43ClF2Si. The molecule has 0 spiro atoms. The molecule has 0 N–H and O–H groups in total. The van der Waals surface area contributed by atoms with Crippen molar-refractivity contribution in [2.75, 3.05) is 0 Å². The molecular weight excluding hydrogens is 426 g/mol. The van der Waals surface area contributed by atoms with Crippen molar-refractivity contribution in [1.29, 1.82) is 0 Å². The highest BCUT2D eigenvalue weighted by Gasteiger charge is 2.30. The van der Waals surface area contributed by atoms with Gasteiger partial charge in [-0.15, -0.1) is 0 Å². The number of unbranched alkanes of at least 4 members (excludes halogenated alkanes) is 3. The Morgan fingerprint density at radius 3 is 2.32 bits per heavy atom. The molecule has 1 aliphatic heterocycles. The minimum atomic E-state index is -2.43. The van der Waals surface area contributed by atoms with Crippen LogP contribution in [0, 0.1) is 17.8 Å². The van der Waals surface area contributed by atoms with Crippen LogP contribution >= 0.6 is 11.6 Å². The Kier molecular flexibility index (Phi) is 10.8. The van der Waals surface area contributed by atoms with Crippen molar-refractivity contribution >= 4 is 20.4 Å².